The Labute approximate surface area is 116 Å². The normalized spacial score (nSPS) is 14.2. The molecule has 1 atom stereocenters. The van der Waals surface area contributed by atoms with Gasteiger partial charge in [0.15, 0.2) is 0 Å². The number of carbonyl (C=O) groups is 1. The topological polar surface area (TPSA) is 37.3 Å². The van der Waals surface area contributed by atoms with Crippen LogP contribution in [0.3, 0.4) is 0 Å². The highest BCUT2D eigenvalue weighted by molar-refractivity contribution is 5.86. The van der Waals surface area contributed by atoms with Gasteiger partial charge in [0.05, 0.1) is 0 Å². The Hall–Kier alpha value is -1.31. The van der Waals surface area contributed by atoms with Crippen LogP contribution in [0.15, 0.2) is 24.3 Å². The van der Waals surface area contributed by atoms with Crippen LogP contribution in [0.25, 0.3) is 0 Å². The Morgan fingerprint density at radius 2 is 1.53 bits per heavy atom. The van der Waals surface area contributed by atoms with Gasteiger partial charge in [-0.15, -0.1) is 0 Å². The molecular formula is C17H26O2. The largest absolute Gasteiger partial charge is 0.508 e. The molecular weight excluding hydrogens is 236 g/mol. The van der Waals surface area contributed by atoms with Crippen molar-refractivity contribution in [2.24, 2.45) is 16.7 Å². The van der Waals surface area contributed by atoms with Crippen LogP contribution in [0.2, 0.25) is 0 Å². The van der Waals surface area contributed by atoms with Crippen molar-refractivity contribution in [1.29, 1.82) is 0 Å². The number of phenols is 1. The highest BCUT2D eigenvalue weighted by atomic mass is 16.3. The van der Waals surface area contributed by atoms with E-state index >= 15 is 0 Å². The number of phenolic OH excluding ortho intramolecular Hbond substituents is 1. The molecule has 0 aromatic heterocycles. The number of carbonyl (C=O) groups excluding carboxylic acids is 1. The minimum absolute atomic E-state index is 0.0166. The van der Waals surface area contributed by atoms with Gasteiger partial charge in [0.2, 0.25) is 0 Å². The lowest BCUT2D eigenvalue weighted by Crippen LogP contribution is -2.37. The van der Waals surface area contributed by atoms with Crippen molar-refractivity contribution in [3.8, 4) is 5.75 Å². The molecule has 2 heteroatoms. The summed E-state index contributed by atoms with van der Waals surface area (Å²) in [6.45, 7) is 12.3. The van der Waals surface area contributed by atoms with Gasteiger partial charge in [0, 0.05) is 11.3 Å². The molecule has 0 saturated heterocycles. The fourth-order valence-corrected chi connectivity index (χ4v) is 2.18. The van der Waals surface area contributed by atoms with Gasteiger partial charge in [-0.05, 0) is 29.5 Å². The first-order valence-corrected chi connectivity index (χ1v) is 6.84. The summed E-state index contributed by atoms with van der Waals surface area (Å²) in [5.74, 6) is 0.545. The predicted octanol–water partition coefficient (Wildman–Crippen LogP) is 4.21. The van der Waals surface area contributed by atoms with Gasteiger partial charge in [-0.2, -0.15) is 0 Å². The summed E-state index contributed by atoms with van der Waals surface area (Å²) in [6, 6.07) is 7.14. The summed E-state index contributed by atoms with van der Waals surface area (Å²) in [6.07, 6.45) is 0.722. The summed E-state index contributed by atoms with van der Waals surface area (Å²) in [4.78, 5) is 12.6. The number of rotatable bonds is 3. The molecule has 0 heterocycles. The SMILES string of the molecule is CC(C)(C)C(=O)C(Cc1ccc(O)cc1)C(C)(C)C. The summed E-state index contributed by atoms with van der Waals surface area (Å²) >= 11 is 0. The Kier molecular flexibility index (Phi) is 4.44. The molecule has 1 aromatic rings. The van der Waals surface area contributed by atoms with Gasteiger partial charge in [-0.1, -0.05) is 53.7 Å². The van der Waals surface area contributed by atoms with E-state index < -0.39 is 0 Å². The van der Waals surface area contributed by atoms with Crippen LogP contribution < -0.4 is 0 Å². The van der Waals surface area contributed by atoms with Gasteiger partial charge in [-0.3, -0.25) is 4.79 Å². The molecule has 106 valence electrons. The average Bonchev–Trinajstić information content (AvgIpc) is 2.24. The number of hydrogen-bond donors (Lipinski definition) is 1. The molecule has 0 fully saturated rings. The van der Waals surface area contributed by atoms with Gasteiger partial charge in [0.25, 0.3) is 0 Å². The Balaban J connectivity index is 3.00. The third kappa shape index (κ3) is 4.38. The summed E-state index contributed by atoms with van der Waals surface area (Å²) in [5, 5.41) is 9.32. The number of benzene rings is 1. The van der Waals surface area contributed by atoms with Crippen molar-refractivity contribution in [3.63, 3.8) is 0 Å². The van der Waals surface area contributed by atoms with Crippen LogP contribution in [-0.2, 0) is 11.2 Å². The lowest BCUT2D eigenvalue weighted by molar-refractivity contribution is -0.133. The van der Waals surface area contributed by atoms with Crippen molar-refractivity contribution < 1.29 is 9.90 Å². The van der Waals surface area contributed by atoms with Crippen LogP contribution in [0.5, 0.6) is 5.75 Å². The van der Waals surface area contributed by atoms with Crippen molar-refractivity contribution in [2.75, 3.05) is 0 Å². The zero-order valence-electron chi connectivity index (χ0n) is 12.9. The molecule has 0 amide bonds. The summed E-state index contributed by atoms with van der Waals surface area (Å²) in [5.41, 5.74) is 0.701. The smallest absolute Gasteiger partial charge is 0.142 e. The molecule has 1 rings (SSSR count). The third-order valence-electron chi connectivity index (χ3n) is 3.48. The second-order valence-corrected chi connectivity index (χ2v) is 7.40. The number of ketones is 1. The van der Waals surface area contributed by atoms with E-state index in [0.29, 0.717) is 5.78 Å². The second-order valence-electron chi connectivity index (χ2n) is 7.40. The minimum Gasteiger partial charge on any atom is -0.508 e. The molecule has 1 unspecified atom stereocenters. The lowest BCUT2D eigenvalue weighted by Gasteiger charge is -2.34. The molecule has 0 aliphatic heterocycles. The van der Waals surface area contributed by atoms with E-state index in [1.165, 1.54) is 0 Å². The van der Waals surface area contributed by atoms with Crippen LogP contribution in [0, 0.1) is 16.7 Å². The van der Waals surface area contributed by atoms with Crippen molar-refractivity contribution in [1.82, 2.24) is 0 Å². The molecule has 19 heavy (non-hydrogen) atoms. The van der Waals surface area contributed by atoms with Gasteiger partial charge < -0.3 is 5.11 Å². The molecule has 0 saturated carbocycles. The first kappa shape index (κ1) is 15.7. The number of aromatic hydroxyl groups is 1. The predicted molar refractivity (Wildman–Crippen MR) is 79.2 cm³/mol. The van der Waals surface area contributed by atoms with E-state index in [2.05, 4.69) is 20.8 Å². The minimum atomic E-state index is -0.325. The highest BCUT2D eigenvalue weighted by Crippen LogP contribution is 2.35. The molecule has 0 aliphatic rings. The van der Waals surface area contributed by atoms with Crippen LogP contribution in [-0.4, -0.2) is 10.9 Å². The van der Waals surface area contributed by atoms with Gasteiger partial charge in [-0.25, -0.2) is 0 Å². The molecule has 0 radical (unpaired) electrons. The lowest BCUT2D eigenvalue weighted by atomic mass is 9.69. The molecule has 0 aliphatic carbocycles. The van der Waals surface area contributed by atoms with Crippen molar-refractivity contribution in [2.45, 2.75) is 48.0 Å². The Bertz CT molecular complexity index is 430. The molecule has 1 aromatic carbocycles. The van der Waals surface area contributed by atoms with E-state index in [4.69, 9.17) is 0 Å². The molecule has 2 nitrogen and oxygen atoms in total. The van der Waals surface area contributed by atoms with Gasteiger partial charge in [0.1, 0.15) is 11.5 Å². The maximum absolute atomic E-state index is 12.6. The summed E-state index contributed by atoms with van der Waals surface area (Å²) < 4.78 is 0. The third-order valence-corrected chi connectivity index (χ3v) is 3.48. The van der Waals surface area contributed by atoms with E-state index in [1.54, 1.807) is 12.1 Å². The van der Waals surface area contributed by atoms with Crippen LogP contribution >= 0.6 is 0 Å². The van der Waals surface area contributed by atoms with E-state index in [0.717, 1.165) is 12.0 Å². The second kappa shape index (κ2) is 5.36. The summed E-state index contributed by atoms with van der Waals surface area (Å²) in [7, 11) is 0. The van der Waals surface area contributed by atoms with Gasteiger partial charge >= 0.3 is 0 Å². The van der Waals surface area contributed by atoms with Crippen molar-refractivity contribution in [3.05, 3.63) is 29.8 Å². The average molecular weight is 262 g/mol. The van der Waals surface area contributed by atoms with E-state index in [1.807, 2.05) is 32.9 Å². The van der Waals surface area contributed by atoms with E-state index in [9.17, 15) is 9.90 Å². The maximum Gasteiger partial charge on any atom is 0.142 e. The first-order chi connectivity index (χ1) is 8.51. The molecule has 0 bridgehead atoms. The zero-order valence-corrected chi connectivity index (χ0v) is 12.9. The molecule has 0 spiro atoms. The zero-order chi connectivity index (χ0) is 14.8. The van der Waals surface area contributed by atoms with Crippen LogP contribution in [0.1, 0.15) is 47.1 Å². The fourth-order valence-electron chi connectivity index (χ4n) is 2.18. The maximum atomic E-state index is 12.6. The highest BCUT2D eigenvalue weighted by Gasteiger charge is 2.37. The van der Waals surface area contributed by atoms with Crippen LogP contribution in [0.4, 0.5) is 0 Å². The Morgan fingerprint density at radius 3 is 1.89 bits per heavy atom. The van der Waals surface area contributed by atoms with Crippen molar-refractivity contribution >= 4 is 5.78 Å². The molecule has 1 N–H and O–H groups in total. The number of hydrogen-bond acceptors (Lipinski definition) is 2. The Morgan fingerprint density at radius 1 is 1.05 bits per heavy atom. The fraction of sp³-hybridized carbons (Fsp3) is 0.588. The quantitative estimate of drug-likeness (QED) is 0.886. The number of Topliss-reactive ketones (excluding diaryl/α,β-unsaturated/α-hetero) is 1. The standard InChI is InChI=1S/C17H26O2/c1-16(2,3)14(15(19)17(4,5)6)11-12-7-9-13(18)10-8-12/h7-10,14,18H,11H2,1-6H3. The monoisotopic (exact) mass is 262 g/mol. The first-order valence-electron chi connectivity index (χ1n) is 6.84. The van der Waals surface area contributed by atoms with E-state index in [-0.39, 0.29) is 22.5 Å².